The van der Waals surface area contributed by atoms with Crippen molar-refractivity contribution in [2.75, 3.05) is 39.3 Å². The summed E-state index contributed by atoms with van der Waals surface area (Å²) in [5.41, 5.74) is 0. The van der Waals surface area contributed by atoms with Gasteiger partial charge in [-0.25, -0.2) is 0 Å². The average molecular weight is 373 g/mol. The molecular formula is C21H47N3P+. The Labute approximate surface area is 160 Å². The van der Waals surface area contributed by atoms with E-state index in [-0.39, 0.29) is 0 Å². The zero-order chi connectivity index (χ0) is 19.3. The molecule has 0 aromatic rings. The summed E-state index contributed by atoms with van der Waals surface area (Å²) in [6.07, 6.45) is 7.29. The summed E-state index contributed by atoms with van der Waals surface area (Å²) in [4.78, 5) is 0. The predicted molar refractivity (Wildman–Crippen MR) is 118 cm³/mol. The first-order valence-electron chi connectivity index (χ1n) is 10.8. The third-order valence-electron chi connectivity index (χ3n) is 4.59. The highest BCUT2D eigenvalue weighted by Gasteiger charge is 2.56. The zero-order valence-electron chi connectivity index (χ0n) is 18.5. The maximum Gasteiger partial charge on any atom is 0.256 e. The van der Waals surface area contributed by atoms with Crippen LogP contribution in [0, 0.1) is 0 Å². The van der Waals surface area contributed by atoms with Crippen LogP contribution in [0.15, 0.2) is 11.9 Å². The van der Waals surface area contributed by atoms with Gasteiger partial charge in [-0.3, -0.25) is 0 Å². The van der Waals surface area contributed by atoms with E-state index in [1.165, 1.54) is 83.1 Å². The van der Waals surface area contributed by atoms with Crippen LogP contribution in [0.5, 0.6) is 0 Å². The van der Waals surface area contributed by atoms with Crippen molar-refractivity contribution in [3.05, 3.63) is 11.9 Å². The van der Waals surface area contributed by atoms with Crippen molar-refractivity contribution in [1.29, 1.82) is 0 Å². The largest absolute Gasteiger partial charge is 0.256 e. The summed E-state index contributed by atoms with van der Waals surface area (Å²) in [7, 11) is -1.69. The molecule has 3 nitrogen and oxygen atoms in total. The van der Waals surface area contributed by atoms with E-state index >= 15 is 0 Å². The van der Waals surface area contributed by atoms with Crippen LogP contribution < -0.4 is 0 Å². The Balaban J connectivity index is 6.31. The summed E-state index contributed by atoms with van der Waals surface area (Å²) in [6, 6.07) is 0. The molecule has 0 aliphatic heterocycles. The lowest BCUT2D eigenvalue weighted by molar-refractivity contribution is 0.298. The van der Waals surface area contributed by atoms with Gasteiger partial charge in [0.25, 0.3) is 7.71 Å². The van der Waals surface area contributed by atoms with E-state index < -0.39 is 7.71 Å². The molecular weight excluding hydrogens is 325 g/mol. The van der Waals surface area contributed by atoms with E-state index in [1.54, 1.807) is 0 Å². The Kier molecular flexibility index (Phi) is 14.2. The van der Waals surface area contributed by atoms with Crippen molar-refractivity contribution in [3.8, 4) is 0 Å². The standard InChI is InChI=1S/C21H47N3P/c1-9-15-22(16-10-2)25(21(7)8,23(17-11-3)18-12-4)24(19-13-5)20-14-6/h7,9-20H2,1-6,8H3/q+1. The maximum atomic E-state index is 4.61. The fourth-order valence-corrected chi connectivity index (χ4v) is 9.38. The first-order valence-corrected chi connectivity index (χ1v) is 12.5. The quantitative estimate of drug-likeness (QED) is 0.281. The van der Waals surface area contributed by atoms with Gasteiger partial charge in [0.15, 0.2) is 0 Å². The molecule has 0 radical (unpaired) electrons. The molecule has 0 aromatic carbocycles. The predicted octanol–water partition coefficient (Wildman–Crippen LogP) is 6.65. The molecule has 0 heterocycles. The summed E-state index contributed by atoms with van der Waals surface area (Å²) in [5.74, 6) is 0. The summed E-state index contributed by atoms with van der Waals surface area (Å²) in [6.45, 7) is 28.0. The van der Waals surface area contributed by atoms with E-state index in [2.05, 4.69) is 69.1 Å². The summed E-state index contributed by atoms with van der Waals surface area (Å²) < 4.78 is 8.52. The van der Waals surface area contributed by atoms with Crippen LogP contribution in [0.25, 0.3) is 0 Å². The molecule has 0 fully saturated rings. The van der Waals surface area contributed by atoms with Gasteiger partial charge >= 0.3 is 0 Å². The van der Waals surface area contributed by atoms with Gasteiger partial charge in [-0.15, -0.1) is 14.0 Å². The van der Waals surface area contributed by atoms with Gasteiger partial charge in [0.2, 0.25) is 0 Å². The van der Waals surface area contributed by atoms with Crippen LogP contribution in [0.2, 0.25) is 0 Å². The molecule has 0 aliphatic carbocycles. The van der Waals surface area contributed by atoms with Crippen LogP contribution in [-0.2, 0) is 0 Å². The number of hydrogen-bond acceptors (Lipinski definition) is 3. The minimum atomic E-state index is -1.69. The highest BCUT2D eigenvalue weighted by atomic mass is 31.2. The van der Waals surface area contributed by atoms with Gasteiger partial charge in [0, 0.05) is 39.3 Å². The minimum absolute atomic E-state index is 1.18. The monoisotopic (exact) mass is 372 g/mol. The normalized spacial score (nSPS) is 12.6. The van der Waals surface area contributed by atoms with Crippen molar-refractivity contribution < 1.29 is 0 Å². The van der Waals surface area contributed by atoms with E-state index in [4.69, 9.17) is 0 Å². The third-order valence-corrected chi connectivity index (χ3v) is 9.18. The SMILES string of the molecule is C=C(C)[P+](N(CCC)CCC)(N(CCC)CCC)N(CCC)CCC. The molecule has 0 saturated heterocycles. The molecule has 0 amide bonds. The lowest BCUT2D eigenvalue weighted by Crippen LogP contribution is -2.47. The second-order valence-electron chi connectivity index (χ2n) is 7.16. The highest BCUT2D eigenvalue weighted by Crippen LogP contribution is 2.72. The topological polar surface area (TPSA) is 9.72 Å². The van der Waals surface area contributed by atoms with Crippen LogP contribution >= 0.6 is 7.71 Å². The Bertz CT molecular complexity index is 287. The molecule has 0 saturated carbocycles. The maximum absolute atomic E-state index is 4.61. The fourth-order valence-electron chi connectivity index (χ4n) is 3.98. The molecule has 0 unspecified atom stereocenters. The Morgan fingerprint density at radius 3 is 0.880 bits per heavy atom. The lowest BCUT2D eigenvalue weighted by atomic mass is 10.4. The first kappa shape index (κ1) is 25.1. The van der Waals surface area contributed by atoms with E-state index in [0.717, 1.165) is 0 Å². The molecule has 0 atom stereocenters. The van der Waals surface area contributed by atoms with E-state index in [1.807, 2.05) is 0 Å². The van der Waals surface area contributed by atoms with Crippen molar-refractivity contribution >= 4 is 7.71 Å². The van der Waals surface area contributed by atoms with Crippen molar-refractivity contribution in [3.63, 3.8) is 0 Å². The first-order chi connectivity index (χ1) is 12.0. The third kappa shape index (κ3) is 6.61. The van der Waals surface area contributed by atoms with Gasteiger partial charge in [-0.2, -0.15) is 0 Å². The van der Waals surface area contributed by atoms with Gasteiger partial charge < -0.3 is 0 Å². The van der Waals surface area contributed by atoms with Gasteiger partial charge in [0.05, 0.1) is 0 Å². The summed E-state index contributed by atoms with van der Waals surface area (Å²) in [5, 5.41) is 1.40. The molecule has 150 valence electrons. The average Bonchev–Trinajstić information content (AvgIpc) is 2.56. The summed E-state index contributed by atoms with van der Waals surface area (Å²) >= 11 is 0. The van der Waals surface area contributed by atoms with Gasteiger partial charge in [-0.1, -0.05) is 48.1 Å². The molecule has 4 heteroatoms. The Morgan fingerprint density at radius 1 is 0.560 bits per heavy atom. The molecule has 0 rings (SSSR count). The van der Waals surface area contributed by atoms with E-state index in [0.29, 0.717) is 0 Å². The minimum Gasteiger partial charge on any atom is -0.144 e. The number of rotatable bonds is 16. The van der Waals surface area contributed by atoms with Crippen LogP contribution in [0.4, 0.5) is 0 Å². The van der Waals surface area contributed by atoms with Crippen molar-refractivity contribution in [2.45, 2.75) is 87.0 Å². The molecule has 0 spiro atoms. The number of nitrogens with zero attached hydrogens (tertiary/aromatic N) is 3. The second kappa shape index (κ2) is 14.2. The van der Waals surface area contributed by atoms with E-state index in [9.17, 15) is 0 Å². The van der Waals surface area contributed by atoms with Crippen LogP contribution in [-0.4, -0.2) is 53.3 Å². The molecule has 0 N–H and O–H groups in total. The molecule has 0 aliphatic rings. The van der Waals surface area contributed by atoms with Crippen LogP contribution in [0.1, 0.15) is 87.0 Å². The molecule has 0 aromatic heterocycles. The van der Waals surface area contributed by atoms with Crippen LogP contribution in [0.3, 0.4) is 0 Å². The Morgan fingerprint density at radius 2 is 0.760 bits per heavy atom. The van der Waals surface area contributed by atoms with Crippen molar-refractivity contribution in [2.24, 2.45) is 0 Å². The number of allylic oxidation sites excluding steroid dienone is 1. The highest BCUT2D eigenvalue weighted by molar-refractivity contribution is 7.73. The van der Waals surface area contributed by atoms with Gasteiger partial charge in [-0.05, 0) is 45.4 Å². The molecule has 0 bridgehead atoms. The zero-order valence-corrected chi connectivity index (χ0v) is 19.4. The molecule has 25 heavy (non-hydrogen) atoms. The van der Waals surface area contributed by atoms with Gasteiger partial charge in [0.1, 0.15) is 5.31 Å². The van der Waals surface area contributed by atoms with Crippen molar-refractivity contribution in [1.82, 2.24) is 14.0 Å². The lowest BCUT2D eigenvalue weighted by Gasteiger charge is -2.48. The fraction of sp³-hybridized carbons (Fsp3) is 0.905. The Hall–Kier alpha value is 0.0500. The second-order valence-corrected chi connectivity index (χ2v) is 10.8. The number of hydrogen-bond donors (Lipinski definition) is 0. The smallest absolute Gasteiger partial charge is 0.144 e.